The minimum atomic E-state index is 0.0972. The average molecular weight is 823 g/mol. The Bertz CT molecular complexity index is 3720. The van der Waals surface area contributed by atoms with Gasteiger partial charge in [0.15, 0.2) is 12.9 Å². The second-order valence-electron chi connectivity index (χ2n) is 19.6. The number of anilines is 2. The minimum absolute atomic E-state index is 0.0972. The van der Waals surface area contributed by atoms with E-state index in [0.717, 1.165) is 46.3 Å². The first kappa shape index (κ1) is 37.3. The lowest BCUT2D eigenvalue weighted by Gasteiger charge is -2.42. The number of para-hydroxylation sites is 1. The van der Waals surface area contributed by atoms with Crippen molar-refractivity contribution in [2.24, 2.45) is 0 Å². The smallest absolute Gasteiger partial charge is 0.198 e. The lowest BCUT2D eigenvalue weighted by Crippen LogP contribution is -2.37. The minimum Gasteiger partial charge on any atom is -0.454 e. The van der Waals surface area contributed by atoms with Crippen LogP contribution in [0.25, 0.3) is 93.6 Å². The Hall–Kier alpha value is -7.30. The van der Waals surface area contributed by atoms with E-state index in [1.807, 2.05) is 0 Å². The van der Waals surface area contributed by atoms with Crippen molar-refractivity contribution in [3.63, 3.8) is 0 Å². The third-order valence-electron chi connectivity index (χ3n) is 14.8. The monoisotopic (exact) mass is 822 g/mol. The van der Waals surface area contributed by atoms with Crippen LogP contribution in [0.5, 0.6) is 0 Å². The van der Waals surface area contributed by atoms with Crippen molar-refractivity contribution in [3.8, 4) is 39.1 Å². The number of rotatable bonds is 5. The van der Waals surface area contributed by atoms with Crippen LogP contribution in [0.2, 0.25) is 0 Å². The number of nitrogens with one attached hydrogen (secondary N) is 1. The number of nitrogens with zero attached hydrogens (tertiary/aromatic N) is 1. The van der Waals surface area contributed by atoms with Crippen LogP contribution in [0, 0.1) is 0 Å². The van der Waals surface area contributed by atoms with Crippen molar-refractivity contribution >= 4 is 84.1 Å². The van der Waals surface area contributed by atoms with Gasteiger partial charge in [-0.25, -0.2) is 0 Å². The van der Waals surface area contributed by atoms with Crippen LogP contribution in [-0.4, -0.2) is 11.8 Å². The molecule has 3 heterocycles. The second-order valence-corrected chi connectivity index (χ2v) is 19.6. The zero-order valence-corrected chi connectivity index (χ0v) is 36.7. The van der Waals surface area contributed by atoms with Crippen LogP contribution in [0.1, 0.15) is 51.7 Å². The van der Waals surface area contributed by atoms with E-state index in [1.54, 1.807) is 0 Å². The van der Waals surface area contributed by atoms with Crippen LogP contribution in [0.3, 0.4) is 0 Å². The molecule has 64 heavy (non-hydrogen) atoms. The first-order chi connectivity index (χ1) is 31.2. The highest BCUT2D eigenvalue weighted by atomic mass is 16.3. The Labute approximate surface area is 374 Å². The van der Waals surface area contributed by atoms with E-state index in [4.69, 9.17) is 4.42 Å². The van der Waals surface area contributed by atoms with Crippen LogP contribution in [-0.2, 0) is 10.8 Å². The van der Waals surface area contributed by atoms with E-state index in [-0.39, 0.29) is 10.8 Å². The van der Waals surface area contributed by atoms with Crippen molar-refractivity contribution in [1.29, 1.82) is 0 Å². The Morgan fingerprint density at radius 3 is 2.02 bits per heavy atom. The fourth-order valence-corrected chi connectivity index (χ4v) is 11.4. The molecule has 13 rings (SSSR count). The number of benzene rings is 9. The Balaban J connectivity index is 1.12. The second kappa shape index (κ2) is 13.6. The van der Waals surface area contributed by atoms with E-state index < -0.39 is 0 Å². The van der Waals surface area contributed by atoms with Gasteiger partial charge >= 0.3 is 0 Å². The summed E-state index contributed by atoms with van der Waals surface area (Å²) in [7, 11) is 0.751. The SMILES string of the molecule is CC1(C)CCC(C)(C)c2cc(Nc3ccc4ccccc4c3-c3cc4c(oc5ccccc54)c4c3Bc3cc(-c5ccccc5)cc5c6cc(-c7ccccc7)ccc6n-4c35)ccc21. The van der Waals surface area contributed by atoms with Crippen molar-refractivity contribution in [2.45, 2.75) is 51.4 Å². The third-order valence-corrected chi connectivity index (χ3v) is 14.8. The molecule has 1 N–H and O–H groups in total. The molecular weight excluding hydrogens is 775 g/mol. The third kappa shape index (κ3) is 5.54. The molecule has 2 aliphatic rings. The zero-order chi connectivity index (χ0) is 42.9. The van der Waals surface area contributed by atoms with Gasteiger partial charge in [0.1, 0.15) is 5.58 Å². The molecule has 0 amide bonds. The van der Waals surface area contributed by atoms with Gasteiger partial charge in [-0.3, -0.25) is 0 Å². The van der Waals surface area contributed by atoms with E-state index in [0.29, 0.717) is 0 Å². The molecule has 0 spiro atoms. The van der Waals surface area contributed by atoms with Gasteiger partial charge in [0.05, 0.1) is 11.2 Å². The fraction of sp³-hybridized carbons (Fsp3) is 0.133. The van der Waals surface area contributed by atoms with Gasteiger partial charge in [-0.2, -0.15) is 0 Å². The summed E-state index contributed by atoms with van der Waals surface area (Å²) in [4.78, 5) is 0. The Kier molecular flexibility index (Phi) is 7.92. The van der Waals surface area contributed by atoms with E-state index in [1.165, 1.54) is 101 Å². The van der Waals surface area contributed by atoms with Crippen molar-refractivity contribution in [1.82, 2.24) is 4.57 Å². The maximum absolute atomic E-state index is 7.06. The fourth-order valence-electron chi connectivity index (χ4n) is 11.4. The predicted octanol–water partition coefficient (Wildman–Crippen LogP) is 14.6. The Morgan fingerprint density at radius 1 is 0.531 bits per heavy atom. The summed E-state index contributed by atoms with van der Waals surface area (Å²) >= 11 is 0. The number of hydrogen-bond donors (Lipinski definition) is 1. The van der Waals surface area contributed by atoms with Gasteiger partial charge < -0.3 is 14.3 Å². The van der Waals surface area contributed by atoms with Gasteiger partial charge in [-0.1, -0.05) is 161 Å². The molecule has 1 aliphatic heterocycles. The van der Waals surface area contributed by atoms with Gasteiger partial charge in [0.25, 0.3) is 0 Å². The van der Waals surface area contributed by atoms with Crippen molar-refractivity contribution in [3.05, 3.63) is 187 Å². The van der Waals surface area contributed by atoms with Crippen LogP contribution < -0.4 is 16.2 Å². The highest BCUT2D eigenvalue weighted by molar-refractivity contribution is 6.74. The summed E-state index contributed by atoms with van der Waals surface area (Å²) in [6.07, 6.45) is 2.36. The summed E-state index contributed by atoms with van der Waals surface area (Å²) < 4.78 is 9.60. The molecule has 11 aromatic rings. The normalized spacial score (nSPS) is 14.8. The maximum atomic E-state index is 7.06. The first-order valence-corrected chi connectivity index (χ1v) is 22.8. The number of furan rings is 1. The molecule has 2 aromatic heterocycles. The first-order valence-electron chi connectivity index (χ1n) is 22.8. The van der Waals surface area contributed by atoms with E-state index >= 15 is 0 Å². The largest absolute Gasteiger partial charge is 0.454 e. The van der Waals surface area contributed by atoms with Crippen molar-refractivity contribution in [2.75, 3.05) is 5.32 Å². The number of hydrogen-bond acceptors (Lipinski definition) is 2. The topological polar surface area (TPSA) is 30.1 Å². The molecule has 0 radical (unpaired) electrons. The average Bonchev–Trinajstić information content (AvgIpc) is 3.87. The van der Waals surface area contributed by atoms with Gasteiger partial charge in [0.2, 0.25) is 0 Å². The molecule has 0 saturated carbocycles. The van der Waals surface area contributed by atoms with Gasteiger partial charge in [-0.15, -0.1) is 0 Å². The molecule has 306 valence electrons. The summed E-state index contributed by atoms with van der Waals surface area (Å²) in [6, 6.07) is 65.1. The molecule has 0 atom stereocenters. The standard InChI is InChI=1S/C60H47BN2O/c1-59(2)29-30-60(3,4)49-34-41(25-26-48(49)59)62-51-27-23-38-19-11-12-20-42(38)54(51)47-35-46-43-21-13-14-22-53(43)64-58(46)57-55(47)61-50-33-40(37-17-9-6-10-18-37)32-45-44-31-39(36-15-7-5-8-16-36)24-28-52(44)63(57)56(45)50/h5-28,31-35,61-62H,29-30H2,1-4H3. The van der Waals surface area contributed by atoms with Gasteiger partial charge in [0, 0.05) is 44.0 Å². The molecule has 0 unspecified atom stereocenters. The summed E-state index contributed by atoms with van der Waals surface area (Å²) in [5, 5.41) is 11.2. The Morgan fingerprint density at radius 2 is 1.22 bits per heavy atom. The van der Waals surface area contributed by atoms with Crippen LogP contribution in [0.4, 0.5) is 11.4 Å². The number of aromatic nitrogens is 1. The molecule has 1 aliphatic carbocycles. The molecule has 4 heteroatoms. The maximum Gasteiger partial charge on any atom is 0.198 e. The molecule has 0 bridgehead atoms. The van der Waals surface area contributed by atoms with Crippen molar-refractivity contribution < 1.29 is 4.42 Å². The quantitative estimate of drug-likeness (QED) is 0.175. The summed E-state index contributed by atoms with van der Waals surface area (Å²) in [5.74, 6) is 0. The van der Waals surface area contributed by atoms with Gasteiger partial charge in [-0.05, 0) is 127 Å². The molecule has 0 saturated heterocycles. The molecule has 0 fully saturated rings. The van der Waals surface area contributed by atoms with Crippen LogP contribution >= 0.6 is 0 Å². The van der Waals surface area contributed by atoms with E-state index in [2.05, 4.69) is 214 Å². The van der Waals surface area contributed by atoms with E-state index in [9.17, 15) is 0 Å². The molecule has 3 nitrogen and oxygen atoms in total. The molecule has 9 aromatic carbocycles. The zero-order valence-electron chi connectivity index (χ0n) is 36.7. The summed E-state index contributed by atoms with van der Waals surface area (Å²) in [6.45, 7) is 9.63. The van der Waals surface area contributed by atoms with Crippen LogP contribution in [0.15, 0.2) is 180 Å². The molecular formula is C60H47BN2O. The lowest BCUT2D eigenvalue weighted by atomic mass is 9.58. The summed E-state index contributed by atoms with van der Waals surface area (Å²) in [5.41, 5.74) is 20.6. The lowest BCUT2D eigenvalue weighted by molar-refractivity contribution is 0.332. The highest BCUT2D eigenvalue weighted by Gasteiger charge is 2.37. The number of fused-ring (bicyclic) bond motifs is 11. The highest BCUT2D eigenvalue weighted by Crippen LogP contribution is 2.48. The predicted molar refractivity (Wildman–Crippen MR) is 273 cm³/mol.